The predicted octanol–water partition coefficient (Wildman–Crippen LogP) is 5.62. The van der Waals surface area contributed by atoms with Crippen LogP contribution in [-0.2, 0) is 4.79 Å². The van der Waals surface area contributed by atoms with E-state index in [1.54, 1.807) is 36.7 Å². The largest absolute Gasteiger partial charge is 0.482 e. The van der Waals surface area contributed by atoms with E-state index in [-0.39, 0.29) is 12.5 Å². The summed E-state index contributed by atoms with van der Waals surface area (Å²) in [6, 6.07) is 18.2. The van der Waals surface area contributed by atoms with Crippen molar-refractivity contribution in [2.75, 3.05) is 17.2 Å². The van der Waals surface area contributed by atoms with Gasteiger partial charge in [-0.2, -0.15) is 0 Å². The lowest BCUT2D eigenvalue weighted by Gasteiger charge is -2.09. The van der Waals surface area contributed by atoms with E-state index < -0.39 is 0 Å². The Hall–Kier alpha value is -3.42. The fourth-order valence-corrected chi connectivity index (χ4v) is 3.58. The van der Waals surface area contributed by atoms with Gasteiger partial charge in [0.25, 0.3) is 5.91 Å². The molecule has 2 N–H and O–H groups in total. The molecular formula is C22H17ClN4O2S. The second-order valence-electron chi connectivity index (χ2n) is 6.24. The molecule has 2 aromatic heterocycles. The van der Waals surface area contributed by atoms with Gasteiger partial charge in [0.05, 0.1) is 10.7 Å². The van der Waals surface area contributed by atoms with Crippen molar-refractivity contribution in [3.05, 3.63) is 83.5 Å². The van der Waals surface area contributed by atoms with Gasteiger partial charge in [0.1, 0.15) is 5.75 Å². The zero-order valence-electron chi connectivity index (χ0n) is 15.7. The van der Waals surface area contributed by atoms with Gasteiger partial charge in [-0.3, -0.25) is 9.78 Å². The van der Waals surface area contributed by atoms with Gasteiger partial charge in [0.2, 0.25) is 0 Å². The molecule has 1 amide bonds. The van der Waals surface area contributed by atoms with Gasteiger partial charge in [-0.15, -0.1) is 11.3 Å². The average Bonchev–Trinajstić information content (AvgIpc) is 3.24. The number of halogens is 1. The number of amides is 1. The zero-order chi connectivity index (χ0) is 20.8. The molecule has 4 rings (SSSR count). The number of carbonyl (C=O) groups excluding carboxylic acids is 1. The highest BCUT2D eigenvalue weighted by Crippen LogP contribution is 2.27. The number of carbonyl (C=O) groups is 1. The highest BCUT2D eigenvalue weighted by atomic mass is 35.5. The van der Waals surface area contributed by atoms with E-state index in [0.29, 0.717) is 16.5 Å². The van der Waals surface area contributed by atoms with Crippen molar-refractivity contribution in [1.29, 1.82) is 0 Å². The van der Waals surface area contributed by atoms with E-state index in [1.807, 2.05) is 41.8 Å². The molecule has 0 radical (unpaired) electrons. The molecule has 0 unspecified atom stereocenters. The number of hydrogen-bond donors (Lipinski definition) is 2. The molecule has 0 saturated heterocycles. The second-order valence-corrected chi connectivity index (χ2v) is 7.51. The van der Waals surface area contributed by atoms with Crippen molar-refractivity contribution in [3.63, 3.8) is 0 Å². The Balaban J connectivity index is 1.31. The third kappa shape index (κ3) is 5.14. The Morgan fingerprint density at radius 2 is 1.73 bits per heavy atom. The molecule has 2 aromatic carbocycles. The van der Waals surface area contributed by atoms with Gasteiger partial charge >= 0.3 is 0 Å². The first-order valence-corrected chi connectivity index (χ1v) is 10.3. The number of pyridine rings is 1. The molecule has 0 fully saturated rings. The lowest BCUT2D eigenvalue weighted by molar-refractivity contribution is -0.118. The molecule has 0 aliphatic heterocycles. The number of benzene rings is 2. The standard InChI is InChI=1S/C22H17ClN4O2S/c23-18-3-1-2-4-20(18)29-13-21(28)25-16-5-7-17(8-6-16)26-22-27-19(14-30-22)15-9-11-24-12-10-15/h1-12,14H,13H2,(H,25,28)(H,26,27). The van der Waals surface area contributed by atoms with Crippen LogP contribution in [0, 0.1) is 0 Å². The fraction of sp³-hybridized carbons (Fsp3) is 0.0455. The molecule has 30 heavy (non-hydrogen) atoms. The summed E-state index contributed by atoms with van der Waals surface area (Å²) in [6.45, 7) is -0.124. The van der Waals surface area contributed by atoms with Crippen molar-refractivity contribution in [2.24, 2.45) is 0 Å². The monoisotopic (exact) mass is 436 g/mol. The number of rotatable bonds is 7. The van der Waals surface area contributed by atoms with Crippen molar-refractivity contribution in [2.45, 2.75) is 0 Å². The van der Waals surface area contributed by atoms with Crippen LogP contribution in [0.15, 0.2) is 78.4 Å². The van der Waals surface area contributed by atoms with E-state index in [2.05, 4.69) is 20.6 Å². The highest BCUT2D eigenvalue weighted by molar-refractivity contribution is 7.14. The van der Waals surface area contributed by atoms with Crippen molar-refractivity contribution in [3.8, 4) is 17.0 Å². The maximum atomic E-state index is 12.1. The number of aromatic nitrogens is 2. The summed E-state index contributed by atoms with van der Waals surface area (Å²) >= 11 is 7.54. The number of nitrogens with one attached hydrogen (secondary N) is 2. The molecule has 2 heterocycles. The minimum atomic E-state index is -0.266. The molecule has 0 spiro atoms. The maximum Gasteiger partial charge on any atom is 0.262 e. The Kier molecular flexibility index (Phi) is 6.22. The molecule has 0 aliphatic carbocycles. The van der Waals surface area contributed by atoms with E-state index in [4.69, 9.17) is 16.3 Å². The van der Waals surface area contributed by atoms with E-state index in [0.717, 1.165) is 22.1 Å². The zero-order valence-corrected chi connectivity index (χ0v) is 17.3. The molecule has 0 bridgehead atoms. The van der Waals surface area contributed by atoms with Crippen LogP contribution in [0.1, 0.15) is 0 Å². The Morgan fingerprint density at radius 1 is 1.00 bits per heavy atom. The van der Waals surface area contributed by atoms with Crippen LogP contribution in [0.2, 0.25) is 5.02 Å². The molecule has 0 aliphatic rings. The first-order valence-electron chi connectivity index (χ1n) is 9.07. The summed E-state index contributed by atoms with van der Waals surface area (Å²) in [7, 11) is 0. The van der Waals surface area contributed by atoms with Crippen LogP contribution in [0.25, 0.3) is 11.3 Å². The summed E-state index contributed by atoms with van der Waals surface area (Å²) in [4.78, 5) is 20.7. The quantitative estimate of drug-likeness (QED) is 0.393. The minimum absolute atomic E-state index is 0.124. The van der Waals surface area contributed by atoms with Gasteiger partial charge in [-0.25, -0.2) is 4.98 Å². The molecule has 6 nitrogen and oxygen atoms in total. The third-order valence-corrected chi connectivity index (χ3v) is 5.17. The van der Waals surface area contributed by atoms with Gasteiger partial charge in [0.15, 0.2) is 11.7 Å². The van der Waals surface area contributed by atoms with Gasteiger partial charge in [-0.1, -0.05) is 23.7 Å². The average molecular weight is 437 g/mol. The highest BCUT2D eigenvalue weighted by Gasteiger charge is 2.07. The topological polar surface area (TPSA) is 76.1 Å². The third-order valence-electron chi connectivity index (χ3n) is 4.10. The SMILES string of the molecule is O=C(COc1ccccc1Cl)Nc1ccc(Nc2nc(-c3ccncc3)cs2)cc1. The Labute approximate surface area is 182 Å². The van der Waals surface area contributed by atoms with Crippen molar-refractivity contribution in [1.82, 2.24) is 9.97 Å². The van der Waals surface area contributed by atoms with E-state index in [1.165, 1.54) is 11.3 Å². The molecule has 0 saturated carbocycles. The molecule has 0 atom stereocenters. The van der Waals surface area contributed by atoms with Gasteiger partial charge < -0.3 is 15.4 Å². The van der Waals surface area contributed by atoms with Gasteiger partial charge in [-0.05, 0) is 48.5 Å². The number of thiazole rings is 1. The predicted molar refractivity (Wildman–Crippen MR) is 121 cm³/mol. The van der Waals surface area contributed by atoms with E-state index in [9.17, 15) is 4.79 Å². The first kappa shape index (κ1) is 19.9. The normalized spacial score (nSPS) is 10.4. The lowest BCUT2D eigenvalue weighted by atomic mass is 10.2. The fourth-order valence-electron chi connectivity index (χ4n) is 2.65. The van der Waals surface area contributed by atoms with Crippen LogP contribution in [0.5, 0.6) is 5.75 Å². The number of anilines is 3. The number of ether oxygens (including phenoxy) is 1. The van der Waals surface area contributed by atoms with Crippen LogP contribution in [-0.4, -0.2) is 22.5 Å². The molecule has 4 aromatic rings. The molecule has 150 valence electrons. The summed E-state index contributed by atoms with van der Waals surface area (Å²) in [5.74, 6) is 0.209. The lowest BCUT2D eigenvalue weighted by Crippen LogP contribution is -2.20. The Bertz CT molecular complexity index is 1130. The van der Waals surface area contributed by atoms with Crippen molar-refractivity contribution < 1.29 is 9.53 Å². The summed E-state index contributed by atoms with van der Waals surface area (Å²) in [5.41, 5.74) is 3.46. The number of nitrogens with zero attached hydrogens (tertiary/aromatic N) is 2. The molecule has 8 heteroatoms. The number of para-hydroxylation sites is 1. The van der Waals surface area contributed by atoms with Crippen molar-refractivity contribution >= 4 is 45.4 Å². The van der Waals surface area contributed by atoms with Crippen LogP contribution < -0.4 is 15.4 Å². The maximum absolute atomic E-state index is 12.1. The Morgan fingerprint density at radius 3 is 2.50 bits per heavy atom. The van der Waals surface area contributed by atoms with Crippen LogP contribution in [0.3, 0.4) is 0 Å². The molecular weight excluding hydrogens is 420 g/mol. The first-order chi connectivity index (χ1) is 14.7. The van der Waals surface area contributed by atoms with Crippen LogP contribution in [0.4, 0.5) is 16.5 Å². The van der Waals surface area contributed by atoms with E-state index >= 15 is 0 Å². The second kappa shape index (κ2) is 9.39. The minimum Gasteiger partial charge on any atom is -0.482 e. The van der Waals surface area contributed by atoms with Gasteiger partial charge in [0, 0.05) is 34.7 Å². The summed E-state index contributed by atoms with van der Waals surface area (Å²) in [6.07, 6.45) is 3.49. The number of hydrogen-bond acceptors (Lipinski definition) is 6. The smallest absolute Gasteiger partial charge is 0.262 e. The summed E-state index contributed by atoms with van der Waals surface area (Å²) < 4.78 is 5.45. The summed E-state index contributed by atoms with van der Waals surface area (Å²) in [5, 5.41) is 9.30. The van der Waals surface area contributed by atoms with Crippen LogP contribution >= 0.6 is 22.9 Å².